The highest BCUT2D eigenvalue weighted by Gasteiger charge is 2.54. The number of aromatic carboxylic acids is 1. The molecule has 5 heterocycles. The fourth-order valence-corrected chi connectivity index (χ4v) is 9.28. The van der Waals surface area contributed by atoms with Crippen molar-refractivity contribution in [3.63, 3.8) is 0 Å². The zero-order chi connectivity index (χ0) is 31.8. The second kappa shape index (κ2) is 12.7. The number of β-lactam (4-membered cyclic amide) rings is 1. The molecule has 3 aromatic heterocycles. The molecule has 2 atom stereocenters. The molecule has 0 radical (unpaired) electrons. The van der Waals surface area contributed by atoms with Gasteiger partial charge in [0.15, 0.2) is 27.9 Å². The molecule has 1 fully saturated rings. The van der Waals surface area contributed by atoms with Crippen LogP contribution in [0.15, 0.2) is 39.1 Å². The number of fused-ring (bicyclic) bond motifs is 2. The number of nitrogens with zero attached hydrogens (tertiary/aromatic N) is 6. The van der Waals surface area contributed by atoms with E-state index >= 15 is 0 Å². The maximum absolute atomic E-state index is 13.2. The van der Waals surface area contributed by atoms with Crippen molar-refractivity contribution in [2.75, 3.05) is 24.3 Å². The maximum atomic E-state index is 13.2. The SMILES string of the molecule is CO/N=C(\C(=O)N[C@@H]1C(=O)N2C(C(=O)O)=C(CSc3nc(C[n+]4cccc5c4CCC5)c(C(=O)O)s3)CSC12)c1nsc(N)n1. The lowest BCUT2D eigenvalue weighted by Gasteiger charge is -2.49. The number of rotatable bonds is 11. The predicted octanol–water partition coefficient (Wildman–Crippen LogP) is 0.981. The van der Waals surface area contributed by atoms with Crippen LogP contribution in [0.4, 0.5) is 5.13 Å². The largest absolute Gasteiger partial charge is 0.477 e. The Labute approximate surface area is 271 Å². The molecule has 3 aliphatic rings. The molecule has 0 bridgehead atoms. The molecule has 2 amide bonds. The number of thiazole rings is 1. The van der Waals surface area contributed by atoms with Crippen LogP contribution in [0.5, 0.6) is 0 Å². The fraction of sp³-hybridized carbons (Fsp3) is 0.346. The summed E-state index contributed by atoms with van der Waals surface area (Å²) in [6, 6.07) is 3.02. The number of nitrogens with two attached hydrogens (primary N) is 1. The number of hydrogen-bond acceptors (Lipinski definition) is 14. The summed E-state index contributed by atoms with van der Waals surface area (Å²) in [4.78, 5) is 65.1. The number of anilines is 1. The first-order chi connectivity index (χ1) is 21.7. The molecule has 0 saturated carbocycles. The highest BCUT2D eigenvalue weighted by molar-refractivity contribution is 8.01. The Morgan fingerprint density at radius 2 is 2.09 bits per heavy atom. The van der Waals surface area contributed by atoms with E-state index in [0.29, 0.717) is 22.2 Å². The molecule has 6 rings (SSSR count). The van der Waals surface area contributed by atoms with Gasteiger partial charge in [-0.25, -0.2) is 14.6 Å². The number of amides is 2. The number of carbonyl (C=O) groups excluding carboxylic acids is 2. The minimum absolute atomic E-state index is 0.0649. The molecular formula is C26H25N8O7S4+. The van der Waals surface area contributed by atoms with E-state index in [9.17, 15) is 29.4 Å². The summed E-state index contributed by atoms with van der Waals surface area (Å²) in [5.74, 6) is -3.33. The van der Waals surface area contributed by atoms with E-state index in [1.807, 2.05) is 16.8 Å². The fourth-order valence-electron chi connectivity index (χ4n) is 5.35. The second-order valence-corrected chi connectivity index (χ2v) is 14.1. The summed E-state index contributed by atoms with van der Waals surface area (Å²) < 4.78 is 6.48. The van der Waals surface area contributed by atoms with Gasteiger partial charge in [0.1, 0.15) is 34.8 Å². The van der Waals surface area contributed by atoms with E-state index in [1.54, 1.807) is 0 Å². The van der Waals surface area contributed by atoms with Crippen molar-refractivity contribution >= 4 is 81.0 Å². The van der Waals surface area contributed by atoms with E-state index in [2.05, 4.69) is 30.9 Å². The van der Waals surface area contributed by atoms with E-state index in [4.69, 9.17) is 10.6 Å². The summed E-state index contributed by atoms with van der Waals surface area (Å²) in [7, 11) is 1.24. The number of aromatic nitrogens is 4. The highest BCUT2D eigenvalue weighted by atomic mass is 32.2. The van der Waals surface area contributed by atoms with E-state index in [-0.39, 0.29) is 38.7 Å². The molecule has 2 aliphatic heterocycles. The standard InChI is InChI=1S/C26H24N8O7S4/c1-41-31-15(19-30-25(27)45-32-19)20(35)29-16-21(36)34-17(23(37)38)12(9-42-22(16)34)10-43-26-28-13(18(44-26)24(39)40)8-33-7-3-5-11-4-2-6-14(11)33/h3,5,7,16,22H,2,4,6,8-10H2,1H3,(H4-,27,29,30,32,35,37,38,39,40)/p+1/b31-15-/t16-,22?/m1/s1. The molecule has 1 unspecified atom stereocenters. The van der Waals surface area contributed by atoms with Gasteiger partial charge in [-0.05, 0) is 24.5 Å². The van der Waals surface area contributed by atoms with Crippen LogP contribution in [0.2, 0.25) is 0 Å². The number of aryl methyl sites for hydroxylation is 1. The van der Waals surface area contributed by atoms with Crippen LogP contribution in [0.1, 0.15) is 38.9 Å². The summed E-state index contributed by atoms with van der Waals surface area (Å²) in [6.45, 7) is 0.320. The van der Waals surface area contributed by atoms with Gasteiger partial charge in [0.05, 0.1) is 0 Å². The van der Waals surface area contributed by atoms with Crippen LogP contribution in [0.25, 0.3) is 0 Å². The molecule has 45 heavy (non-hydrogen) atoms. The number of carboxylic acids is 2. The normalized spacial score (nSPS) is 19.2. The number of nitrogen functional groups attached to an aromatic ring is 1. The average molecular weight is 690 g/mol. The number of pyridine rings is 1. The van der Waals surface area contributed by atoms with Crippen molar-refractivity contribution in [1.29, 1.82) is 0 Å². The zero-order valence-corrected chi connectivity index (χ0v) is 26.7. The van der Waals surface area contributed by atoms with Gasteiger partial charge in [-0.3, -0.25) is 14.5 Å². The molecule has 1 saturated heterocycles. The monoisotopic (exact) mass is 689 g/mol. The topological polar surface area (TPSA) is 214 Å². The van der Waals surface area contributed by atoms with Gasteiger partial charge in [0, 0.05) is 41.1 Å². The van der Waals surface area contributed by atoms with Gasteiger partial charge < -0.3 is 26.1 Å². The van der Waals surface area contributed by atoms with Crippen LogP contribution < -0.4 is 15.6 Å². The smallest absolute Gasteiger partial charge is 0.352 e. The van der Waals surface area contributed by atoms with Crippen molar-refractivity contribution in [2.45, 2.75) is 41.6 Å². The van der Waals surface area contributed by atoms with Crippen molar-refractivity contribution < 1.29 is 38.8 Å². The first-order valence-electron chi connectivity index (χ1n) is 13.4. The number of carboxylic acid groups (broad SMARTS) is 2. The van der Waals surface area contributed by atoms with Crippen molar-refractivity contribution in [1.82, 2.24) is 24.6 Å². The molecular weight excluding hydrogens is 665 g/mol. The second-order valence-electron chi connectivity index (χ2n) is 10.0. The molecule has 15 nitrogen and oxygen atoms in total. The average Bonchev–Trinajstić information content (AvgIpc) is 3.77. The lowest BCUT2D eigenvalue weighted by atomic mass is 10.0. The Kier molecular flexibility index (Phi) is 8.76. The maximum Gasteiger partial charge on any atom is 0.352 e. The Bertz CT molecular complexity index is 1790. The van der Waals surface area contributed by atoms with Crippen LogP contribution in [0.3, 0.4) is 0 Å². The molecule has 1 aliphatic carbocycles. The van der Waals surface area contributed by atoms with Gasteiger partial charge >= 0.3 is 11.9 Å². The summed E-state index contributed by atoms with van der Waals surface area (Å²) >= 11 is 4.43. The molecule has 0 aromatic carbocycles. The van der Waals surface area contributed by atoms with Crippen molar-refractivity contribution in [2.24, 2.45) is 5.16 Å². The van der Waals surface area contributed by atoms with E-state index in [0.717, 1.165) is 47.0 Å². The van der Waals surface area contributed by atoms with Crippen molar-refractivity contribution in [3.05, 3.63) is 57.3 Å². The Hall–Kier alpha value is -4.07. The summed E-state index contributed by atoms with van der Waals surface area (Å²) in [5, 5.41) is 25.6. The van der Waals surface area contributed by atoms with Crippen LogP contribution in [-0.2, 0) is 38.6 Å². The number of carbonyl (C=O) groups is 4. The van der Waals surface area contributed by atoms with E-state index < -0.39 is 35.2 Å². The Balaban J connectivity index is 1.16. The highest BCUT2D eigenvalue weighted by Crippen LogP contribution is 2.42. The number of thioether (sulfide) groups is 2. The lowest BCUT2D eigenvalue weighted by molar-refractivity contribution is -0.695. The number of nitrogens with one attached hydrogen (secondary N) is 1. The molecule has 234 valence electrons. The van der Waals surface area contributed by atoms with E-state index in [1.165, 1.54) is 41.9 Å². The first-order valence-corrected chi connectivity index (χ1v) is 17.1. The number of oxime groups is 1. The number of aliphatic carboxylic acids is 1. The van der Waals surface area contributed by atoms with Gasteiger partial charge in [-0.2, -0.15) is 13.9 Å². The predicted molar refractivity (Wildman–Crippen MR) is 165 cm³/mol. The molecule has 0 spiro atoms. The van der Waals surface area contributed by atoms with Crippen LogP contribution in [0, 0.1) is 0 Å². The van der Waals surface area contributed by atoms with Gasteiger partial charge in [0.2, 0.25) is 11.5 Å². The lowest BCUT2D eigenvalue weighted by Crippen LogP contribution is -2.71. The minimum atomic E-state index is -1.28. The molecule has 3 aromatic rings. The Morgan fingerprint density at radius 3 is 2.80 bits per heavy atom. The molecule has 5 N–H and O–H groups in total. The van der Waals surface area contributed by atoms with Crippen LogP contribution >= 0.6 is 46.4 Å². The first kappa shape index (κ1) is 30.9. The number of hydrogen-bond donors (Lipinski definition) is 4. The summed E-state index contributed by atoms with van der Waals surface area (Å²) in [6.07, 6.45) is 4.90. The van der Waals surface area contributed by atoms with Gasteiger partial charge in [-0.1, -0.05) is 16.9 Å². The Morgan fingerprint density at radius 1 is 1.27 bits per heavy atom. The zero-order valence-electron chi connectivity index (χ0n) is 23.5. The third-order valence-electron chi connectivity index (χ3n) is 7.29. The molecule has 19 heteroatoms. The van der Waals surface area contributed by atoms with Gasteiger partial charge in [0.25, 0.3) is 11.8 Å². The third-order valence-corrected chi connectivity index (χ3v) is 11.5. The van der Waals surface area contributed by atoms with Gasteiger partial charge in [-0.15, -0.1) is 23.1 Å². The minimum Gasteiger partial charge on any atom is -0.477 e. The quantitative estimate of drug-likeness (QED) is 0.0728. The third kappa shape index (κ3) is 5.99. The van der Waals surface area contributed by atoms with Crippen molar-refractivity contribution in [3.8, 4) is 0 Å². The summed E-state index contributed by atoms with van der Waals surface area (Å²) in [5.41, 5.74) is 8.54. The van der Waals surface area contributed by atoms with Crippen LogP contribution in [-0.4, -0.2) is 89.0 Å².